The van der Waals surface area contributed by atoms with Crippen molar-refractivity contribution < 1.29 is 0 Å². The molecule has 0 unspecified atom stereocenters. The molecule has 1 aliphatic rings. The fourth-order valence-electron chi connectivity index (χ4n) is 6.10. The lowest BCUT2D eigenvalue weighted by Gasteiger charge is -2.36. The average molecular weight is 511 g/mol. The Morgan fingerprint density at radius 2 is 0.923 bits per heavy atom. The molecule has 4 aromatic carbocycles. The Balaban J connectivity index is 1.94. The van der Waals surface area contributed by atoms with Crippen LogP contribution in [-0.4, -0.2) is 0 Å². The Morgan fingerprint density at radius 1 is 0.564 bits per heavy atom. The van der Waals surface area contributed by atoms with Crippen molar-refractivity contribution in [3.8, 4) is 11.1 Å². The van der Waals surface area contributed by atoms with Crippen molar-refractivity contribution in [3.05, 3.63) is 143 Å². The first kappa shape index (κ1) is 26.9. The summed E-state index contributed by atoms with van der Waals surface area (Å²) in [7, 11) is 0. The van der Waals surface area contributed by atoms with E-state index in [2.05, 4.69) is 140 Å². The van der Waals surface area contributed by atoms with Gasteiger partial charge in [0.05, 0.1) is 5.41 Å². The molecular weight excluding hydrogens is 468 g/mol. The van der Waals surface area contributed by atoms with E-state index in [1.54, 1.807) is 0 Å². The van der Waals surface area contributed by atoms with Gasteiger partial charge in [-0.25, -0.2) is 0 Å². The Labute approximate surface area is 236 Å². The minimum absolute atomic E-state index is 0.0876. The molecule has 0 bridgehead atoms. The van der Waals surface area contributed by atoms with Crippen molar-refractivity contribution >= 4 is 12.2 Å². The van der Waals surface area contributed by atoms with Crippen LogP contribution in [0.2, 0.25) is 0 Å². The van der Waals surface area contributed by atoms with Crippen LogP contribution in [-0.2, 0) is 16.2 Å². The summed E-state index contributed by atoms with van der Waals surface area (Å²) < 4.78 is 0. The van der Waals surface area contributed by atoms with E-state index in [1.165, 1.54) is 44.5 Å². The fourth-order valence-corrected chi connectivity index (χ4v) is 6.10. The lowest BCUT2D eigenvalue weighted by atomic mass is 9.66. The van der Waals surface area contributed by atoms with E-state index in [1.807, 2.05) is 12.2 Å². The minimum Gasteiger partial charge on any atom is -0.0985 e. The maximum absolute atomic E-state index is 4.01. The van der Waals surface area contributed by atoms with Gasteiger partial charge in [-0.15, -0.1) is 0 Å². The van der Waals surface area contributed by atoms with E-state index in [-0.39, 0.29) is 10.8 Å². The molecule has 0 radical (unpaired) electrons. The molecule has 5 rings (SSSR count). The van der Waals surface area contributed by atoms with E-state index in [4.69, 9.17) is 0 Å². The second kappa shape index (κ2) is 9.83. The number of hydrogen-bond donors (Lipinski definition) is 0. The highest BCUT2D eigenvalue weighted by Crippen LogP contribution is 2.57. The van der Waals surface area contributed by atoms with Gasteiger partial charge in [-0.2, -0.15) is 0 Å². The summed E-state index contributed by atoms with van der Waals surface area (Å²) in [6.07, 6.45) is 6.02. The summed E-state index contributed by atoms with van der Waals surface area (Å²) in [4.78, 5) is 0. The normalized spacial score (nSPS) is 14.0. The summed E-state index contributed by atoms with van der Waals surface area (Å²) in [6.45, 7) is 22.0. The predicted molar refractivity (Wildman–Crippen MR) is 171 cm³/mol. The van der Waals surface area contributed by atoms with Crippen molar-refractivity contribution in [3.63, 3.8) is 0 Å². The fraction of sp³-hybridized carbons (Fsp3) is 0.282. The summed E-state index contributed by atoms with van der Waals surface area (Å²) >= 11 is 0. The highest BCUT2D eigenvalue weighted by Gasteiger charge is 2.47. The lowest BCUT2D eigenvalue weighted by molar-refractivity contribution is 0.504. The van der Waals surface area contributed by atoms with E-state index in [0.717, 1.165) is 24.0 Å². The zero-order chi connectivity index (χ0) is 28.0. The SMILES string of the molecule is C=Cc1ccc(C2(c3ccc(C=C)cc3)c3cc(C(C)(C)CC)ccc3-c3ccc(C(C)(C)CC)cc32)cc1. The van der Waals surface area contributed by atoms with Crippen molar-refractivity contribution in [1.29, 1.82) is 0 Å². The molecule has 0 amide bonds. The van der Waals surface area contributed by atoms with E-state index in [9.17, 15) is 0 Å². The zero-order valence-corrected chi connectivity index (χ0v) is 24.6. The van der Waals surface area contributed by atoms with Crippen LogP contribution in [0, 0.1) is 0 Å². The largest absolute Gasteiger partial charge is 0.0985 e. The molecule has 1 aliphatic carbocycles. The number of fused-ring (bicyclic) bond motifs is 3. The average Bonchev–Trinajstić information content (AvgIpc) is 3.27. The Kier molecular flexibility index (Phi) is 6.79. The maximum Gasteiger partial charge on any atom is 0.0713 e. The van der Waals surface area contributed by atoms with Crippen LogP contribution in [0.25, 0.3) is 23.3 Å². The molecule has 0 heteroatoms. The van der Waals surface area contributed by atoms with Crippen LogP contribution in [0.3, 0.4) is 0 Å². The van der Waals surface area contributed by atoms with Gasteiger partial charge >= 0.3 is 0 Å². The monoisotopic (exact) mass is 510 g/mol. The quantitative estimate of drug-likeness (QED) is 0.195. The highest BCUT2D eigenvalue weighted by molar-refractivity contribution is 5.87. The first-order valence-electron chi connectivity index (χ1n) is 14.4. The van der Waals surface area contributed by atoms with Crippen LogP contribution in [0.4, 0.5) is 0 Å². The molecule has 39 heavy (non-hydrogen) atoms. The Hall–Kier alpha value is -3.64. The second-order valence-electron chi connectivity index (χ2n) is 12.4. The molecule has 0 spiro atoms. The van der Waals surface area contributed by atoms with Crippen LogP contribution in [0.5, 0.6) is 0 Å². The molecule has 0 saturated carbocycles. The number of benzene rings is 4. The molecule has 0 nitrogen and oxygen atoms in total. The zero-order valence-electron chi connectivity index (χ0n) is 24.6. The van der Waals surface area contributed by atoms with Crippen molar-refractivity contribution in [2.45, 2.75) is 70.6 Å². The van der Waals surface area contributed by atoms with Gasteiger partial charge in [-0.05, 0) is 79.3 Å². The molecule has 198 valence electrons. The van der Waals surface area contributed by atoms with Gasteiger partial charge in [0.1, 0.15) is 0 Å². The Morgan fingerprint density at radius 3 is 1.23 bits per heavy atom. The molecule has 0 fully saturated rings. The maximum atomic E-state index is 4.01. The smallest absolute Gasteiger partial charge is 0.0713 e. The van der Waals surface area contributed by atoms with Gasteiger partial charge in [0.2, 0.25) is 0 Å². The third-order valence-corrected chi connectivity index (χ3v) is 9.63. The van der Waals surface area contributed by atoms with Crippen molar-refractivity contribution in [2.24, 2.45) is 0 Å². The highest BCUT2D eigenvalue weighted by atomic mass is 14.5. The Bertz CT molecular complexity index is 1410. The summed E-state index contributed by atoms with van der Waals surface area (Å²) in [5.41, 5.74) is 12.8. The third kappa shape index (κ3) is 4.22. The third-order valence-electron chi connectivity index (χ3n) is 9.63. The van der Waals surface area contributed by atoms with Crippen LogP contribution in [0.15, 0.2) is 98.1 Å². The molecule has 0 saturated heterocycles. The predicted octanol–water partition coefficient (Wildman–Crippen LogP) is 10.7. The topological polar surface area (TPSA) is 0 Å². The van der Waals surface area contributed by atoms with Gasteiger partial charge in [0.15, 0.2) is 0 Å². The van der Waals surface area contributed by atoms with E-state index < -0.39 is 5.41 Å². The molecule has 0 N–H and O–H groups in total. The number of rotatable bonds is 8. The molecule has 0 heterocycles. The molecule has 4 aromatic rings. The molecule has 0 aromatic heterocycles. The van der Waals surface area contributed by atoms with Crippen molar-refractivity contribution in [2.75, 3.05) is 0 Å². The standard InChI is InChI=1S/C39H42/c1-9-27-13-17-29(18-14-27)39(30-19-15-28(10-2)16-20-30)35-25-31(37(5,6)11-3)21-23-33(35)34-24-22-32(26-36(34)39)38(7,8)12-4/h9-10,13-26H,1-2,11-12H2,3-8H3. The molecule has 0 aliphatic heterocycles. The molecular formula is C39H42. The van der Waals surface area contributed by atoms with Gasteiger partial charge in [-0.1, -0.05) is 152 Å². The van der Waals surface area contributed by atoms with Gasteiger partial charge in [0, 0.05) is 0 Å². The van der Waals surface area contributed by atoms with Crippen LogP contribution in [0.1, 0.15) is 98.9 Å². The summed E-state index contributed by atoms with van der Waals surface area (Å²) in [5.74, 6) is 0. The summed E-state index contributed by atoms with van der Waals surface area (Å²) in [6, 6.07) is 32.6. The first-order valence-corrected chi connectivity index (χ1v) is 14.4. The first-order chi connectivity index (χ1) is 18.6. The number of hydrogen-bond acceptors (Lipinski definition) is 0. The summed E-state index contributed by atoms with van der Waals surface area (Å²) in [5, 5.41) is 0. The van der Waals surface area contributed by atoms with Gasteiger partial charge < -0.3 is 0 Å². The van der Waals surface area contributed by atoms with Gasteiger partial charge in [0.25, 0.3) is 0 Å². The van der Waals surface area contributed by atoms with E-state index in [0.29, 0.717) is 0 Å². The minimum atomic E-state index is -0.427. The van der Waals surface area contributed by atoms with E-state index >= 15 is 0 Å². The second-order valence-corrected chi connectivity index (χ2v) is 12.4. The van der Waals surface area contributed by atoms with Crippen LogP contribution >= 0.6 is 0 Å². The van der Waals surface area contributed by atoms with Gasteiger partial charge in [-0.3, -0.25) is 0 Å². The molecule has 0 atom stereocenters. The van der Waals surface area contributed by atoms with Crippen LogP contribution < -0.4 is 0 Å². The van der Waals surface area contributed by atoms with Crippen molar-refractivity contribution in [1.82, 2.24) is 0 Å². The lowest BCUT2D eigenvalue weighted by Crippen LogP contribution is -2.30.